The second kappa shape index (κ2) is 5.18. The monoisotopic (exact) mass is 270 g/mol. The highest BCUT2D eigenvalue weighted by atomic mass is 19.1. The van der Waals surface area contributed by atoms with E-state index in [9.17, 15) is 4.39 Å². The van der Waals surface area contributed by atoms with Crippen LogP contribution in [0.2, 0.25) is 0 Å². The summed E-state index contributed by atoms with van der Waals surface area (Å²) in [5.41, 5.74) is 6.99. The van der Waals surface area contributed by atoms with Gasteiger partial charge in [0.1, 0.15) is 17.1 Å². The second-order valence-corrected chi connectivity index (χ2v) is 4.11. The van der Waals surface area contributed by atoms with E-state index in [1.165, 1.54) is 6.07 Å². The van der Waals surface area contributed by atoms with E-state index in [-0.39, 0.29) is 6.54 Å². The summed E-state index contributed by atoms with van der Waals surface area (Å²) in [7, 11) is 0. The summed E-state index contributed by atoms with van der Waals surface area (Å²) in [6, 6.07) is 7.92. The van der Waals surface area contributed by atoms with Crippen LogP contribution in [0.1, 0.15) is 5.56 Å². The van der Waals surface area contributed by atoms with Crippen LogP contribution >= 0.6 is 0 Å². The zero-order valence-electron chi connectivity index (χ0n) is 10.5. The van der Waals surface area contributed by atoms with Gasteiger partial charge in [-0.1, -0.05) is 6.07 Å². The molecule has 0 amide bonds. The van der Waals surface area contributed by atoms with Crippen LogP contribution in [0.4, 0.5) is 4.39 Å². The summed E-state index contributed by atoms with van der Waals surface area (Å²) in [6.45, 7) is 0.149. The number of fused-ring (bicyclic) bond motifs is 1. The van der Waals surface area contributed by atoms with Crippen molar-refractivity contribution in [3.63, 3.8) is 0 Å². The van der Waals surface area contributed by atoms with Crippen molar-refractivity contribution in [3.05, 3.63) is 54.1 Å². The van der Waals surface area contributed by atoms with E-state index in [0.29, 0.717) is 28.4 Å². The second-order valence-electron chi connectivity index (χ2n) is 4.11. The van der Waals surface area contributed by atoms with E-state index in [0.717, 1.165) is 0 Å². The van der Waals surface area contributed by atoms with E-state index in [4.69, 9.17) is 10.5 Å². The molecule has 2 N–H and O–H groups in total. The number of hydrogen-bond donors (Lipinski definition) is 1. The van der Waals surface area contributed by atoms with Gasteiger partial charge in [0.2, 0.25) is 5.88 Å². The fourth-order valence-corrected chi connectivity index (χ4v) is 1.77. The molecule has 0 fully saturated rings. The van der Waals surface area contributed by atoms with Crippen molar-refractivity contribution in [3.8, 4) is 11.6 Å². The normalized spacial score (nSPS) is 10.7. The lowest BCUT2D eigenvalue weighted by atomic mass is 10.2. The fourth-order valence-electron chi connectivity index (χ4n) is 1.77. The molecule has 2 heterocycles. The predicted octanol–water partition coefficient (Wildman–Crippen LogP) is 2.41. The molecule has 0 aliphatic rings. The number of halogens is 1. The number of pyridine rings is 1. The Kier molecular flexibility index (Phi) is 3.22. The maximum Gasteiger partial charge on any atom is 0.221 e. The van der Waals surface area contributed by atoms with Crippen molar-refractivity contribution in [1.82, 2.24) is 15.0 Å². The molecule has 0 unspecified atom stereocenters. The highest BCUT2D eigenvalue weighted by Crippen LogP contribution is 2.23. The first kappa shape index (κ1) is 12.4. The molecule has 0 radical (unpaired) electrons. The summed E-state index contributed by atoms with van der Waals surface area (Å²) in [6.07, 6.45) is 3.14. The standard InChI is InChI=1S/C14H11FN4O/c15-11-7-10(2-1-9(11)8-16)20-13-4-3-12-14(19-13)18-6-5-17-12/h1-7H,8,16H2. The lowest BCUT2D eigenvalue weighted by Gasteiger charge is -2.06. The summed E-state index contributed by atoms with van der Waals surface area (Å²) in [4.78, 5) is 12.4. The third kappa shape index (κ3) is 2.41. The molecular formula is C14H11FN4O. The van der Waals surface area contributed by atoms with E-state index in [2.05, 4.69) is 15.0 Å². The number of hydrogen-bond acceptors (Lipinski definition) is 5. The first-order valence-corrected chi connectivity index (χ1v) is 6.00. The van der Waals surface area contributed by atoms with Crippen LogP contribution in [0.15, 0.2) is 42.7 Å². The molecule has 5 nitrogen and oxygen atoms in total. The number of rotatable bonds is 3. The molecule has 0 bridgehead atoms. The van der Waals surface area contributed by atoms with Gasteiger partial charge in [-0.15, -0.1) is 0 Å². The Morgan fingerprint density at radius 2 is 1.95 bits per heavy atom. The Morgan fingerprint density at radius 1 is 1.10 bits per heavy atom. The van der Waals surface area contributed by atoms with E-state index in [1.54, 1.807) is 36.7 Å². The Hall–Kier alpha value is -2.60. The van der Waals surface area contributed by atoms with Crippen LogP contribution in [0.3, 0.4) is 0 Å². The summed E-state index contributed by atoms with van der Waals surface area (Å²) >= 11 is 0. The molecule has 1 aromatic carbocycles. The van der Waals surface area contributed by atoms with Crippen molar-refractivity contribution in [1.29, 1.82) is 0 Å². The Balaban J connectivity index is 1.90. The zero-order valence-corrected chi connectivity index (χ0v) is 10.5. The molecule has 3 rings (SSSR count). The minimum Gasteiger partial charge on any atom is -0.439 e. The molecule has 0 aliphatic carbocycles. The van der Waals surface area contributed by atoms with Crippen LogP contribution in [0.25, 0.3) is 11.2 Å². The van der Waals surface area contributed by atoms with E-state index < -0.39 is 5.82 Å². The van der Waals surface area contributed by atoms with Crippen LogP contribution in [0, 0.1) is 5.82 Å². The van der Waals surface area contributed by atoms with Crippen molar-refractivity contribution in [2.75, 3.05) is 0 Å². The van der Waals surface area contributed by atoms with Gasteiger partial charge in [-0.25, -0.2) is 9.37 Å². The topological polar surface area (TPSA) is 73.9 Å². The summed E-state index contributed by atoms with van der Waals surface area (Å²) in [5, 5.41) is 0. The number of nitrogens with two attached hydrogens (primary N) is 1. The quantitative estimate of drug-likeness (QED) is 0.791. The number of nitrogens with zero attached hydrogens (tertiary/aromatic N) is 3. The van der Waals surface area contributed by atoms with Gasteiger partial charge in [-0.2, -0.15) is 4.98 Å². The number of ether oxygens (including phenoxy) is 1. The molecule has 0 aliphatic heterocycles. The maximum absolute atomic E-state index is 13.6. The first-order chi connectivity index (χ1) is 9.76. The van der Waals surface area contributed by atoms with Crippen LogP contribution in [-0.2, 0) is 6.54 Å². The van der Waals surface area contributed by atoms with Gasteiger partial charge in [0.05, 0.1) is 0 Å². The third-order valence-corrected chi connectivity index (χ3v) is 2.77. The highest BCUT2D eigenvalue weighted by Gasteiger charge is 2.06. The molecule has 0 saturated heterocycles. The molecule has 0 spiro atoms. The lowest BCUT2D eigenvalue weighted by Crippen LogP contribution is -2.00. The van der Waals surface area contributed by atoms with Crippen LogP contribution in [0.5, 0.6) is 11.6 Å². The first-order valence-electron chi connectivity index (χ1n) is 6.00. The van der Waals surface area contributed by atoms with Gasteiger partial charge in [-0.3, -0.25) is 4.98 Å². The van der Waals surface area contributed by atoms with Gasteiger partial charge in [0.25, 0.3) is 0 Å². The average Bonchev–Trinajstić information content (AvgIpc) is 2.47. The number of benzene rings is 1. The molecule has 100 valence electrons. The zero-order chi connectivity index (χ0) is 13.9. The minimum absolute atomic E-state index is 0.149. The van der Waals surface area contributed by atoms with Crippen LogP contribution < -0.4 is 10.5 Å². The van der Waals surface area contributed by atoms with Crippen LogP contribution in [-0.4, -0.2) is 15.0 Å². The summed E-state index contributed by atoms with van der Waals surface area (Å²) in [5.74, 6) is 0.291. The van der Waals surface area contributed by atoms with Gasteiger partial charge >= 0.3 is 0 Å². The lowest BCUT2D eigenvalue weighted by molar-refractivity contribution is 0.459. The molecule has 6 heteroatoms. The van der Waals surface area contributed by atoms with Crippen molar-refractivity contribution in [2.45, 2.75) is 6.54 Å². The molecule has 2 aromatic heterocycles. The Morgan fingerprint density at radius 3 is 2.75 bits per heavy atom. The highest BCUT2D eigenvalue weighted by molar-refractivity contribution is 5.69. The predicted molar refractivity (Wildman–Crippen MR) is 71.7 cm³/mol. The van der Waals surface area contributed by atoms with Gasteiger partial charge in [0.15, 0.2) is 5.65 Å². The van der Waals surface area contributed by atoms with Gasteiger partial charge < -0.3 is 10.5 Å². The molecular weight excluding hydrogens is 259 g/mol. The van der Waals surface area contributed by atoms with Crippen molar-refractivity contribution < 1.29 is 9.13 Å². The Bertz CT molecular complexity index is 763. The smallest absolute Gasteiger partial charge is 0.221 e. The average molecular weight is 270 g/mol. The van der Waals surface area contributed by atoms with Gasteiger partial charge in [0, 0.05) is 36.6 Å². The van der Waals surface area contributed by atoms with Crippen molar-refractivity contribution >= 4 is 11.2 Å². The molecule has 0 saturated carbocycles. The molecule has 20 heavy (non-hydrogen) atoms. The largest absolute Gasteiger partial charge is 0.439 e. The fraction of sp³-hybridized carbons (Fsp3) is 0.0714. The maximum atomic E-state index is 13.6. The minimum atomic E-state index is -0.398. The van der Waals surface area contributed by atoms with Gasteiger partial charge in [-0.05, 0) is 12.1 Å². The van der Waals surface area contributed by atoms with E-state index >= 15 is 0 Å². The van der Waals surface area contributed by atoms with Crippen molar-refractivity contribution in [2.24, 2.45) is 5.73 Å². The van der Waals surface area contributed by atoms with E-state index in [1.807, 2.05) is 0 Å². The molecule has 3 aromatic rings. The summed E-state index contributed by atoms with van der Waals surface area (Å²) < 4.78 is 19.1. The third-order valence-electron chi connectivity index (χ3n) is 2.77. The molecule has 0 atom stereocenters. The number of aromatic nitrogens is 3. The SMILES string of the molecule is NCc1ccc(Oc2ccc3nccnc3n2)cc1F. The Labute approximate surface area is 114 Å².